The normalized spacial score (nSPS) is 10.8. The van der Waals surface area contributed by atoms with Gasteiger partial charge >= 0.3 is 0 Å². The predicted molar refractivity (Wildman–Crippen MR) is 138 cm³/mol. The first kappa shape index (κ1) is 27.2. The zero-order valence-electron chi connectivity index (χ0n) is 20.1. The van der Waals surface area contributed by atoms with E-state index < -0.39 is 5.54 Å². The van der Waals surface area contributed by atoms with Crippen LogP contribution in [0.1, 0.15) is 20.8 Å². The van der Waals surface area contributed by atoms with Gasteiger partial charge in [0.25, 0.3) is 0 Å². The number of carbonyl (C=O) groups is 1. The molecule has 10 heteroatoms. The first-order valence-electron chi connectivity index (χ1n) is 10.4. The van der Waals surface area contributed by atoms with E-state index >= 15 is 0 Å². The Bertz CT molecular complexity index is 1100. The molecule has 3 N–H and O–H groups in total. The Hall–Kier alpha value is -3.01. The van der Waals surface area contributed by atoms with Crippen LogP contribution in [-0.2, 0) is 4.79 Å². The maximum absolute atomic E-state index is 12.5. The van der Waals surface area contributed by atoms with Gasteiger partial charge in [0.1, 0.15) is 5.75 Å². The fourth-order valence-corrected chi connectivity index (χ4v) is 4.08. The molecule has 0 bridgehead atoms. The highest BCUT2D eigenvalue weighted by atomic mass is 35.5. The van der Waals surface area contributed by atoms with Gasteiger partial charge in [-0.2, -0.15) is 0 Å². The van der Waals surface area contributed by atoms with Crippen LogP contribution in [0.5, 0.6) is 23.0 Å². The second-order valence-electron chi connectivity index (χ2n) is 7.74. The average Bonchev–Trinajstić information content (AvgIpc) is 3.21. The van der Waals surface area contributed by atoms with Crippen LogP contribution in [0.2, 0.25) is 0 Å². The maximum Gasteiger partial charge on any atom is 0.245 e. The number of benzene rings is 2. The highest BCUT2D eigenvalue weighted by molar-refractivity contribution is 7.19. The van der Waals surface area contributed by atoms with Gasteiger partial charge in [-0.1, -0.05) is 11.3 Å². The topological polar surface area (TPSA) is 105 Å². The molecule has 0 unspecified atom stereocenters. The molecule has 1 heterocycles. The molecular formula is C24H30ClN3O5S. The molecule has 0 aliphatic heterocycles. The van der Waals surface area contributed by atoms with Crippen molar-refractivity contribution < 1.29 is 23.7 Å². The molecule has 34 heavy (non-hydrogen) atoms. The minimum atomic E-state index is -1.04. The lowest BCUT2D eigenvalue weighted by Gasteiger charge is -2.16. The van der Waals surface area contributed by atoms with Crippen LogP contribution in [0.15, 0.2) is 36.4 Å². The summed E-state index contributed by atoms with van der Waals surface area (Å²) >= 11 is 1.34. The molecule has 3 rings (SSSR count). The Balaban J connectivity index is 0.00000408. The number of amides is 1. The van der Waals surface area contributed by atoms with Gasteiger partial charge in [-0.3, -0.25) is 4.79 Å². The molecule has 0 atom stereocenters. The third-order valence-corrected chi connectivity index (χ3v) is 5.82. The molecule has 0 saturated heterocycles. The van der Waals surface area contributed by atoms with Crippen molar-refractivity contribution in [2.45, 2.75) is 26.3 Å². The SMILES string of the molecule is CCOc1ccc(-c2nc(NC(=O)C(C)(C)N)sc2-c2cc(OC)c(OC)c(OC)c2)cc1.Cl. The number of anilines is 1. The van der Waals surface area contributed by atoms with E-state index in [1.165, 1.54) is 11.3 Å². The van der Waals surface area contributed by atoms with Gasteiger partial charge in [0.15, 0.2) is 16.6 Å². The molecule has 8 nitrogen and oxygen atoms in total. The fraction of sp³-hybridized carbons (Fsp3) is 0.333. The van der Waals surface area contributed by atoms with E-state index in [0.29, 0.717) is 34.7 Å². The number of hydrogen-bond acceptors (Lipinski definition) is 8. The molecule has 184 valence electrons. The second kappa shape index (κ2) is 11.4. The van der Waals surface area contributed by atoms with Crippen LogP contribution in [0.3, 0.4) is 0 Å². The standard InChI is InChI=1S/C24H29N3O5S.ClH/c1-7-32-16-10-8-14(9-11-16)19-21(33-23(26-19)27-22(28)24(2,3)25)15-12-17(29-4)20(31-6)18(13-15)30-5;/h8-13H,7,25H2,1-6H3,(H,26,27,28);1H. The summed E-state index contributed by atoms with van der Waals surface area (Å²) in [6.07, 6.45) is 0. The molecule has 3 aromatic rings. The van der Waals surface area contributed by atoms with Crippen LogP contribution in [0.4, 0.5) is 5.13 Å². The zero-order chi connectivity index (χ0) is 24.2. The molecule has 0 saturated carbocycles. The Morgan fingerprint density at radius 2 is 1.62 bits per heavy atom. The zero-order valence-corrected chi connectivity index (χ0v) is 21.7. The summed E-state index contributed by atoms with van der Waals surface area (Å²) in [5.74, 6) is 1.97. The van der Waals surface area contributed by atoms with E-state index in [1.54, 1.807) is 35.2 Å². The lowest BCUT2D eigenvalue weighted by atomic mass is 10.1. The third-order valence-electron chi connectivity index (χ3n) is 4.80. The first-order valence-corrected chi connectivity index (χ1v) is 11.2. The van der Waals surface area contributed by atoms with Crippen molar-refractivity contribution in [2.75, 3.05) is 33.3 Å². The van der Waals surface area contributed by atoms with Crippen molar-refractivity contribution in [2.24, 2.45) is 5.73 Å². The average molecular weight is 508 g/mol. The summed E-state index contributed by atoms with van der Waals surface area (Å²) in [5.41, 5.74) is 7.27. The molecule has 1 aromatic heterocycles. The molecule has 0 radical (unpaired) electrons. The molecule has 2 aromatic carbocycles. The number of nitrogens with two attached hydrogens (primary N) is 1. The van der Waals surface area contributed by atoms with Crippen molar-refractivity contribution >= 4 is 34.8 Å². The molecule has 0 fully saturated rings. The van der Waals surface area contributed by atoms with Crippen LogP contribution in [0, 0.1) is 0 Å². The minimum absolute atomic E-state index is 0. The molecule has 1 amide bonds. The van der Waals surface area contributed by atoms with E-state index in [0.717, 1.165) is 21.8 Å². The summed E-state index contributed by atoms with van der Waals surface area (Å²) in [7, 11) is 4.69. The van der Waals surface area contributed by atoms with Crippen LogP contribution in [-0.4, -0.2) is 44.4 Å². The largest absolute Gasteiger partial charge is 0.494 e. The number of thiazole rings is 1. The van der Waals surface area contributed by atoms with Gasteiger partial charge in [0.2, 0.25) is 11.7 Å². The molecule has 0 spiro atoms. The number of nitrogens with zero attached hydrogens (tertiary/aromatic N) is 1. The Kier molecular flexibility index (Phi) is 9.14. The van der Waals surface area contributed by atoms with Gasteiger partial charge < -0.3 is 30.0 Å². The quantitative estimate of drug-likeness (QED) is 0.420. The second-order valence-corrected chi connectivity index (χ2v) is 8.74. The van der Waals surface area contributed by atoms with E-state index in [1.807, 2.05) is 43.3 Å². The van der Waals surface area contributed by atoms with Gasteiger partial charge in [-0.15, -0.1) is 12.4 Å². The predicted octanol–water partition coefficient (Wildman–Crippen LogP) is 5.00. The summed E-state index contributed by atoms with van der Waals surface area (Å²) in [4.78, 5) is 18.0. The van der Waals surface area contributed by atoms with Crippen LogP contribution >= 0.6 is 23.7 Å². The van der Waals surface area contributed by atoms with Crippen molar-refractivity contribution in [3.63, 3.8) is 0 Å². The number of nitrogens with one attached hydrogen (secondary N) is 1. The Labute approximate surface area is 209 Å². The Morgan fingerprint density at radius 1 is 1.03 bits per heavy atom. The molecule has 0 aliphatic rings. The lowest BCUT2D eigenvalue weighted by molar-refractivity contribution is -0.120. The van der Waals surface area contributed by atoms with E-state index in [9.17, 15) is 4.79 Å². The van der Waals surface area contributed by atoms with Crippen LogP contribution in [0.25, 0.3) is 21.7 Å². The highest BCUT2D eigenvalue weighted by Crippen LogP contribution is 2.46. The summed E-state index contributed by atoms with van der Waals surface area (Å²) in [6, 6.07) is 11.3. The van der Waals surface area contributed by atoms with Gasteiger partial charge in [-0.25, -0.2) is 4.98 Å². The smallest absolute Gasteiger partial charge is 0.245 e. The number of ether oxygens (including phenoxy) is 4. The van der Waals surface area contributed by atoms with Crippen molar-refractivity contribution in [1.82, 2.24) is 4.98 Å². The maximum atomic E-state index is 12.5. The number of hydrogen-bond donors (Lipinski definition) is 2. The van der Waals surface area contributed by atoms with E-state index in [-0.39, 0.29) is 18.3 Å². The number of halogens is 1. The van der Waals surface area contributed by atoms with Crippen molar-refractivity contribution in [1.29, 1.82) is 0 Å². The number of aromatic nitrogens is 1. The van der Waals surface area contributed by atoms with Gasteiger partial charge in [0, 0.05) is 11.1 Å². The molecular weight excluding hydrogens is 478 g/mol. The Morgan fingerprint density at radius 3 is 2.09 bits per heavy atom. The van der Waals surface area contributed by atoms with Crippen LogP contribution < -0.4 is 30.0 Å². The first-order chi connectivity index (χ1) is 15.7. The third kappa shape index (κ3) is 5.91. The number of carbonyl (C=O) groups excluding carboxylic acids is 1. The summed E-state index contributed by atoms with van der Waals surface area (Å²) in [6.45, 7) is 5.80. The van der Waals surface area contributed by atoms with Crippen molar-refractivity contribution in [3.05, 3.63) is 36.4 Å². The summed E-state index contributed by atoms with van der Waals surface area (Å²) in [5, 5.41) is 3.26. The monoisotopic (exact) mass is 507 g/mol. The minimum Gasteiger partial charge on any atom is -0.494 e. The lowest BCUT2D eigenvalue weighted by Crippen LogP contribution is -2.45. The van der Waals surface area contributed by atoms with E-state index in [4.69, 9.17) is 29.7 Å². The van der Waals surface area contributed by atoms with Crippen molar-refractivity contribution in [3.8, 4) is 44.7 Å². The molecule has 0 aliphatic carbocycles. The van der Waals surface area contributed by atoms with Gasteiger partial charge in [-0.05, 0) is 57.2 Å². The summed E-state index contributed by atoms with van der Waals surface area (Å²) < 4.78 is 22.0. The van der Waals surface area contributed by atoms with E-state index in [2.05, 4.69) is 5.32 Å². The number of rotatable bonds is 9. The highest BCUT2D eigenvalue weighted by Gasteiger charge is 2.25. The fourth-order valence-electron chi connectivity index (χ4n) is 3.11. The van der Waals surface area contributed by atoms with Gasteiger partial charge in [0.05, 0.1) is 44.0 Å². The number of methoxy groups -OCH3 is 3.